The van der Waals surface area contributed by atoms with Gasteiger partial charge in [0.15, 0.2) is 5.82 Å². The van der Waals surface area contributed by atoms with Gasteiger partial charge in [0.25, 0.3) is 0 Å². The van der Waals surface area contributed by atoms with Gasteiger partial charge in [-0.15, -0.1) is 0 Å². The number of carbonyl (C=O) groups is 1. The van der Waals surface area contributed by atoms with Crippen LogP contribution in [0.5, 0.6) is 0 Å². The summed E-state index contributed by atoms with van der Waals surface area (Å²) in [5, 5.41) is 7.24. The quantitative estimate of drug-likeness (QED) is 0.942. The molecule has 126 valence electrons. The topological polar surface area (TPSA) is 61.9 Å². The van der Waals surface area contributed by atoms with Crippen LogP contribution in [0.3, 0.4) is 0 Å². The zero-order valence-electron chi connectivity index (χ0n) is 13.8. The molecule has 2 fully saturated rings. The summed E-state index contributed by atoms with van der Waals surface area (Å²) in [6.45, 7) is 3.25. The standard InChI is InChI=1S/C18H21FN4O/c1-12-20-17(22-21-12)14-10-23(11-18(14)7-4-8-18)16(24)9-13-5-2-3-6-15(13)19/h2-3,5-6,14H,4,7-11H2,1H3,(H,20,21,22). The molecule has 5 nitrogen and oxygen atoms in total. The summed E-state index contributed by atoms with van der Waals surface area (Å²) in [6, 6.07) is 6.49. The average molecular weight is 328 g/mol. The Bertz CT molecular complexity index is 768. The summed E-state index contributed by atoms with van der Waals surface area (Å²) in [5.74, 6) is 1.47. The first-order valence-corrected chi connectivity index (χ1v) is 8.47. The minimum absolute atomic E-state index is 0.0128. The van der Waals surface area contributed by atoms with Crippen LogP contribution in [-0.4, -0.2) is 39.1 Å². The van der Waals surface area contributed by atoms with E-state index in [2.05, 4.69) is 15.2 Å². The van der Waals surface area contributed by atoms with E-state index in [1.165, 1.54) is 12.5 Å². The first-order valence-electron chi connectivity index (χ1n) is 8.47. The molecule has 2 aromatic rings. The van der Waals surface area contributed by atoms with E-state index in [1.54, 1.807) is 18.2 Å². The van der Waals surface area contributed by atoms with Crippen LogP contribution in [0.4, 0.5) is 4.39 Å². The Morgan fingerprint density at radius 1 is 1.42 bits per heavy atom. The van der Waals surface area contributed by atoms with E-state index in [1.807, 2.05) is 11.8 Å². The fourth-order valence-electron chi connectivity index (χ4n) is 4.08. The summed E-state index contributed by atoms with van der Waals surface area (Å²) in [5.41, 5.74) is 0.571. The normalized spacial score (nSPS) is 21.9. The smallest absolute Gasteiger partial charge is 0.227 e. The maximum atomic E-state index is 13.8. The van der Waals surface area contributed by atoms with Gasteiger partial charge in [-0.25, -0.2) is 9.37 Å². The van der Waals surface area contributed by atoms with E-state index in [0.29, 0.717) is 12.1 Å². The van der Waals surface area contributed by atoms with Gasteiger partial charge in [-0.1, -0.05) is 24.6 Å². The molecule has 1 aliphatic heterocycles. The van der Waals surface area contributed by atoms with Crippen molar-refractivity contribution < 1.29 is 9.18 Å². The highest BCUT2D eigenvalue weighted by Crippen LogP contribution is 2.55. The largest absolute Gasteiger partial charge is 0.341 e. The Labute approximate surface area is 140 Å². The first kappa shape index (κ1) is 15.3. The van der Waals surface area contributed by atoms with E-state index >= 15 is 0 Å². The van der Waals surface area contributed by atoms with Gasteiger partial charge in [-0.2, -0.15) is 5.10 Å². The number of amides is 1. The number of carbonyl (C=O) groups excluding carboxylic acids is 1. The SMILES string of the molecule is Cc1nc(C2CN(C(=O)Cc3ccccc3F)CC23CCC3)n[nH]1. The molecular formula is C18H21FN4O. The number of hydrogen-bond acceptors (Lipinski definition) is 3. The lowest BCUT2D eigenvalue weighted by Crippen LogP contribution is -2.38. The average Bonchev–Trinajstić information content (AvgIpc) is 3.12. The fourth-order valence-corrected chi connectivity index (χ4v) is 4.08. The van der Waals surface area contributed by atoms with Crippen molar-refractivity contribution in [1.29, 1.82) is 0 Å². The Kier molecular flexibility index (Phi) is 3.62. The summed E-state index contributed by atoms with van der Waals surface area (Å²) >= 11 is 0. The highest BCUT2D eigenvalue weighted by atomic mass is 19.1. The van der Waals surface area contributed by atoms with Gasteiger partial charge in [0.2, 0.25) is 5.91 Å². The second kappa shape index (κ2) is 5.69. The van der Waals surface area contributed by atoms with Gasteiger partial charge in [0, 0.05) is 19.0 Å². The number of benzene rings is 1. The maximum absolute atomic E-state index is 13.8. The minimum atomic E-state index is -0.315. The highest BCUT2D eigenvalue weighted by molar-refractivity contribution is 5.79. The Balaban J connectivity index is 1.53. The van der Waals surface area contributed by atoms with Crippen LogP contribution in [0.2, 0.25) is 0 Å². The van der Waals surface area contributed by atoms with Crippen LogP contribution in [0.15, 0.2) is 24.3 Å². The molecule has 1 N–H and O–H groups in total. The molecule has 1 aromatic heterocycles. The van der Waals surface area contributed by atoms with Gasteiger partial charge in [-0.3, -0.25) is 9.89 Å². The zero-order valence-corrected chi connectivity index (χ0v) is 13.8. The molecule has 1 unspecified atom stereocenters. The lowest BCUT2D eigenvalue weighted by Gasteiger charge is -2.41. The van der Waals surface area contributed by atoms with E-state index < -0.39 is 0 Å². The number of aryl methyl sites for hydroxylation is 1. The number of halogens is 1. The maximum Gasteiger partial charge on any atom is 0.227 e. The number of aromatic amines is 1. The van der Waals surface area contributed by atoms with Crippen molar-refractivity contribution in [2.75, 3.05) is 13.1 Å². The number of nitrogens with one attached hydrogen (secondary N) is 1. The molecule has 1 spiro atoms. The molecule has 0 bridgehead atoms. The van der Waals surface area contributed by atoms with Crippen molar-refractivity contribution in [2.24, 2.45) is 5.41 Å². The van der Waals surface area contributed by atoms with Crippen LogP contribution in [-0.2, 0) is 11.2 Å². The fraction of sp³-hybridized carbons (Fsp3) is 0.500. The van der Waals surface area contributed by atoms with Gasteiger partial charge in [0.1, 0.15) is 11.6 Å². The predicted octanol–water partition coefficient (Wildman–Crippen LogP) is 2.59. The number of aromatic nitrogens is 3. The lowest BCUT2D eigenvalue weighted by atomic mass is 9.62. The van der Waals surface area contributed by atoms with Crippen molar-refractivity contribution in [3.8, 4) is 0 Å². The lowest BCUT2D eigenvalue weighted by molar-refractivity contribution is -0.130. The molecule has 2 heterocycles. The third-order valence-corrected chi connectivity index (χ3v) is 5.58. The van der Waals surface area contributed by atoms with Crippen LogP contribution < -0.4 is 0 Å². The van der Waals surface area contributed by atoms with E-state index in [0.717, 1.165) is 31.0 Å². The van der Waals surface area contributed by atoms with Crippen molar-refractivity contribution >= 4 is 5.91 Å². The molecule has 24 heavy (non-hydrogen) atoms. The summed E-state index contributed by atoms with van der Waals surface area (Å²) in [7, 11) is 0. The second-order valence-corrected chi connectivity index (χ2v) is 7.09. The molecule has 1 saturated heterocycles. The summed E-state index contributed by atoms with van der Waals surface area (Å²) in [4.78, 5) is 19.1. The molecule has 0 radical (unpaired) electrons. The molecule has 6 heteroatoms. The number of H-pyrrole nitrogens is 1. The second-order valence-electron chi connectivity index (χ2n) is 7.09. The molecule has 1 aliphatic carbocycles. The van der Waals surface area contributed by atoms with Crippen LogP contribution in [0, 0.1) is 18.2 Å². The number of rotatable bonds is 3. The van der Waals surface area contributed by atoms with Crippen molar-refractivity contribution in [2.45, 2.75) is 38.5 Å². The number of likely N-dealkylation sites (tertiary alicyclic amines) is 1. The van der Waals surface area contributed by atoms with Crippen LogP contribution >= 0.6 is 0 Å². The van der Waals surface area contributed by atoms with Gasteiger partial charge in [0.05, 0.1) is 6.42 Å². The van der Waals surface area contributed by atoms with E-state index in [-0.39, 0.29) is 29.5 Å². The molecule has 1 aromatic carbocycles. The van der Waals surface area contributed by atoms with E-state index in [9.17, 15) is 9.18 Å². The molecule has 1 atom stereocenters. The summed E-state index contributed by atoms with van der Waals surface area (Å²) in [6.07, 6.45) is 3.52. The molecule has 1 amide bonds. The predicted molar refractivity (Wildman–Crippen MR) is 86.8 cm³/mol. The van der Waals surface area contributed by atoms with E-state index in [4.69, 9.17) is 0 Å². The van der Waals surface area contributed by atoms with Gasteiger partial charge < -0.3 is 4.90 Å². The summed E-state index contributed by atoms with van der Waals surface area (Å²) < 4.78 is 13.8. The third kappa shape index (κ3) is 2.50. The zero-order chi connectivity index (χ0) is 16.7. The molecule has 1 saturated carbocycles. The minimum Gasteiger partial charge on any atom is -0.341 e. The third-order valence-electron chi connectivity index (χ3n) is 5.58. The number of hydrogen-bond donors (Lipinski definition) is 1. The van der Waals surface area contributed by atoms with Crippen molar-refractivity contribution in [3.05, 3.63) is 47.3 Å². The van der Waals surface area contributed by atoms with Crippen molar-refractivity contribution in [3.63, 3.8) is 0 Å². The molecule has 4 rings (SSSR count). The molecular weight excluding hydrogens is 307 g/mol. The van der Waals surface area contributed by atoms with Crippen molar-refractivity contribution in [1.82, 2.24) is 20.1 Å². The van der Waals surface area contributed by atoms with Gasteiger partial charge >= 0.3 is 0 Å². The van der Waals surface area contributed by atoms with Gasteiger partial charge in [-0.05, 0) is 36.8 Å². The Morgan fingerprint density at radius 2 is 2.21 bits per heavy atom. The van der Waals surface area contributed by atoms with Crippen LogP contribution in [0.25, 0.3) is 0 Å². The Morgan fingerprint density at radius 3 is 2.83 bits per heavy atom. The first-order chi connectivity index (χ1) is 11.6. The van der Waals surface area contributed by atoms with Crippen LogP contribution in [0.1, 0.15) is 42.4 Å². The molecule has 2 aliphatic rings. The highest BCUT2D eigenvalue weighted by Gasteiger charge is 2.53. The monoisotopic (exact) mass is 328 g/mol. The Hall–Kier alpha value is -2.24. The number of nitrogens with zero attached hydrogens (tertiary/aromatic N) is 3.